The third-order valence-electron chi connectivity index (χ3n) is 3.96. The Morgan fingerprint density at radius 3 is 2.23 bits per heavy atom. The minimum absolute atomic E-state index is 0.328. The third kappa shape index (κ3) is 3.73. The van der Waals surface area contributed by atoms with Crippen molar-refractivity contribution in [1.29, 1.82) is 0 Å². The maximum atomic E-state index is 12.6. The number of ketones is 1. The molecule has 3 rings (SSSR count). The monoisotopic (exact) mass is 355 g/mol. The van der Waals surface area contributed by atoms with Crippen LogP contribution < -0.4 is 9.47 Å². The molecule has 0 aromatic heterocycles. The second-order valence-electron chi connectivity index (χ2n) is 5.57. The van der Waals surface area contributed by atoms with E-state index >= 15 is 0 Å². The van der Waals surface area contributed by atoms with Crippen LogP contribution in [-0.2, 0) is 9.63 Å². The summed E-state index contributed by atoms with van der Waals surface area (Å²) >= 11 is 0. The number of rotatable bonds is 6. The van der Waals surface area contributed by atoms with Crippen LogP contribution in [0.3, 0.4) is 0 Å². The van der Waals surface area contributed by atoms with E-state index in [2.05, 4.69) is 5.28 Å². The summed E-state index contributed by atoms with van der Waals surface area (Å²) in [5.41, 5.74) is 1.44. The molecule has 7 heteroatoms. The number of nitrogens with zero attached hydrogens (tertiary/aromatic N) is 2. The number of hydrogen-bond acceptors (Lipinski definition) is 6. The van der Waals surface area contributed by atoms with Crippen LogP contribution in [0.15, 0.2) is 59.9 Å². The molecule has 26 heavy (non-hydrogen) atoms. The second-order valence-corrected chi connectivity index (χ2v) is 5.57. The van der Waals surface area contributed by atoms with Gasteiger partial charge in [-0.15, -0.1) is 0 Å². The van der Waals surface area contributed by atoms with Gasteiger partial charge in [0.2, 0.25) is 11.5 Å². The molecule has 2 aromatic rings. The van der Waals surface area contributed by atoms with Gasteiger partial charge in [0.25, 0.3) is 0 Å². The summed E-state index contributed by atoms with van der Waals surface area (Å²) < 4.78 is 11.6. The highest BCUT2D eigenvalue weighted by atomic mass is 16.7. The fourth-order valence-corrected chi connectivity index (χ4v) is 2.52. The van der Waals surface area contributed by atoms with Gasteiger partial charge in [0.15, 0.2) is 5.28 Å². The van der Waals surface area contributed by atoms with E-state index in [0.29, 0.717) is 11.4 Å². The Bertz CT molecular complexity index is 828. The zero-order chi connectivity index (χ0) is 18.5. The van der Waals surface area contributed by atoms with Crippen molar-refractivity contribution < 1.29 is 28.9 Å². The fourth-order valence-electron chi connectivity index (χ4n) is 2.52. The van der Waals surface area contributed by atoms with Crippen molar-refractivity contribution in [2.24, 2.45) is 5.28 Å². The van der Waals surface area contributed by atoms with Crippen LogP contribution in [0.2, 0.25) is 0 Å². The average Bonchev–Trinajstić information content (AvgIpc) is 3.08. The van der Waals surface area contributed by atoms with Crippen molar-refractivity contribution in [3.63, 3.8) is 0 Å². The number of ether oxygens (including phenoxy) is 2. The van der Waals surface area contributed by atoms with E-state index in [-0.39, 0.29) is 5.78 Å². The average molecular weight is 355 g/mol. The van der Waals surface area contributed by atoms with Crippen LogP contribution in [0.4, 0.5) is 5.69 Å². The molecule has 0 amide bonds. The topological polar surface area (TPSA) is 80.4 Å². The van der Waals surface area contributed by atoms with Crippen LogP contribution in [0.1, 0.15) is 5.56 Å². The summed E-state index contributed by atoms with van der Waals surface area (Å²) in [6.07, 6.45) is 1.72. The van der Waals surface area contributed by atoms with Crippen molar-refractivity contribution in [3.8, 4) is 11.5 Å². The first-order valence-corrected chi connectivity index (χ1v) is 7.96. The predicted octanol–water partition coefficient (Wildman–Crippen LogP) is 2.71. The summed E-state index contributed by atoms with van der Waals surface area (Å²) in [6, 6.07) is 13.2. The Labute approximate surface area is 150 Å². The van der Waals surface area contributed by atoms with E-state index < -0.39 is 12.3 Å². The maximum absolute atomic E-state index is 12.6. The largest absolute Gasteiger partial charge is 0.497 e. The number of carbonyl (C=O) groups excluding carboxylic acids is 1. The normalized spacial score (nSPS) is 19.1. The highest BCUT2D eigenvalue weighted by molar-refractivity contribution is 5.97. The maximum Gasteiger partial charge on any atom is 0.312 e. The zero-order valence-corrected chi connectivity index (χ0v) is 14.4. The smallest absolute Gasteiger partial charge is 0.312 e. The predicted molar refractivity (Wildman–Crippen MR) is 93.3 cm³/mol. The van der Waals surface area contributed by atoms with E-state index in [0.717, 1.165) is 11.3 Å². The summed E-state index contributed by atoms with van der Waals surface area (Å²) in [7, 11) is 3.16. The molecule has 0 saturated heterocycles. The summed E-state index contributed by atoms with van der Waals surface area (Å²) in [5, 5.41) is 13.8. The molecule has 7 nitrogen and oxygen atoms in total. The molecule has 1 aliphatic heterocycles. The van der Waals surface area contributed by atoms with Gasteiger partial charge < -0.3 is 19.4 Å². The molecule has 1 heterocycles. The third-order valence-corrected chi connectivity index (χ3v) is 3.96. The van der Waals surface area contributed by atoms with E-state index in [1.807, 2.05) is 12.1 Å². The Kier molecular flexibility index (Phi) is 5.28. The molecule has 2 unspecified atom stereocenters. The van der Waals surface area contributed by atoms with Gasteiger partial charge in [0, 0.05) is 12.1 Å². The molecular weight excluding hydrogens is 336 g/mol. The molecule has 0 radical (unpaired) electrons. The molecule has 1 N–H and O–H groups in total. The first kappa shape index (κ1) is 17.6. The van der Waals surface area contributed by atoms with Crippen molar-refractivity contribution in [1.82, 2.24) is 0 Å². The SMILES string of the molecule is COc1ccc(/C=C/C(=O)C2C(O)ON=[N+]2c2ccc(OC)cc2)cc1. The number of hydrogen-bond donors (Lipinski definition) is 1. The van der Waals surface area contributed by atoms with Gasteiger partial charge in [-0.1, -0.05) is 18.2 Å². The van der Waals surface area contributed by atoms with Gasteiger partial charge in [0.05, 0.1) is 14.2 Å². The van der Waals surface area contributed by atoms with Gasteiger partial charge in [-0.05, 0) is 40.6 Å². The Morgan fingerprint density at radius 2 is 1.65 bits per heavy atom. The van der Waals surface area contributed by atoms with Crippen molar-refractivity contribution >= 4 is 17.5 Å². The number of aliphatic hydroxyl groups is 1. The number of aliphatic hydroxyl groups excluding tert-OH is 1. The van der Waals surface area contributed by atoms with Crippen LogP contribution in [0.25, 0.3) is 6.08 Å². The number of benzene rings is 2. The van der Waals surface area contributed by atoms with Crippen molar-refractivity contribution in [2.45, 2.75) is 12.3 Å². The Hall–Kier alpha value is -3.19. The van der Waals surface area contributed by atoms with Gasteiger partial charge in [-0.3, -0.25) is 4.79 Å². The minimum atomic E-state index is -1.34. The van der Waals surface area contributed by atoms with E-state index in [1.54, 1.807) is 56.7 Å². The first-order chi connectivity index (χ1) is 12.6. The molecular formula is C19H19N2O5+. The fraction of sp³-hybridized carbons (Fsp3) is 0.211. The lowest BCUT2D eigenvalue weighted by Crippen LogP contribution is -2.36. The van der Waals surface area contributed by atoms with Crippen LogP contribution >= 0.6 is 0 Å². The van der Waals surface area contributed by atoms with E-state index in [1.165, 1.54) is 10.8 Å². The van der Waals surface area contributed by atoms with E-state index in [9.17, 15) is 9.90 Å². The minimum Gasteiger partial charge on any atom is -0.497 e. The Balaban J connectivity index is 1.77. The summed E-state index contributed by atoms with van der Waals surface area (Å²) in [5.74, 6) is 1.08. The van der Waals surface area contributed by atoms with Crippen molar-refractivity contribution in [3.05, 3.63) is 60.2 Å². The highest BCUT2D eigenvalue weighted by Crippen LogP contribution is 2.25. The number of carbonyl (C=O) groups is 1. The van der Waals surface area contributed by atoms with Gasteiger partial charge in [0.1, 0.15) is 11.5 Å². The quantitative estimate of drug-likeness (QED) is 0.637. The molecule has 0 bridgehead atoms. The molecule has 0 saturated carbocycles. The molecule has 0 spiro atoms. The van der Waals surface area contributed by atoms with Gasteiger partial charge in [-0.2, -0.15) is 0 Å². The standard InChI is InChI=1S/C19H19N2O5/c1-24-15-8-3-13(4-9-15)5-12-17(22)18-19(23)26-20-21(18)14-6-10-16(25-2)11-7-14/h3-12,18-19,23H,1-2H3/q+1/b12-5+. The van der Waals surface area contributed by atoms with Crippen LogP contribution in [0.5, 0.6) is 11.5 Å². The lowest BCUT2D eigenvalue weighted by atomic mass is 10.1. The highest BCUT2D eigenvalue weighted by Gasteiger charge is 2.46. The van der Waals surface area contributed by atoms with Crippen LogP contribution in [0, 0.1) is 0 Å². The number of methoxy groups -OCH3 is 2. The molecule has 2 atom stereocenters. The summed E-state index contributed by atoms with van der Waals surface area (Å²) in [6.45, 7) is 0. The first-order valence-electron chi connectivity index (χ1n) is 7.96. The van der Waals surface area contributed by atoms with Crippen molar-refractivity contribution in [2.75, 3.05) is 14.2 Å². The molecule has 0 aliphatic carbocycles. The van der Waals surface area contributed by atoms with Crippen LogP contribution in [-0.4, -0.2) is 42.1 Å². The van der Waals surface area contributed by atoms with E-state index in [4.69, 9.17) is 14.3 Å². The lowest BCUT2D eigenvalue weighted by Gasteiger charge is -2.05. The molecule has 0 fully saturated rings. The van der Waals surface area contributed by atoms with Gasteiger partial charge >= 0.3 is 12.3 Å². The Morgan fingerprint density at radius 1 is 1.08 bits per heavy atom. The molecule has 2 aromatic carbocycles. The molecule has 1 aliphatic rings. The zero-order valence-electron chi connectivity index (χ0n) is 14.4. The summed E-state index contributed by atoms with van der Waals surface area (Å²) in [4.78, 5) is 17.5. The molecule has 134 valence electrons. The van der Waals surface area contributed by atoms with Gasteiger partial charge in [-0.25, -0.2) is 0 Å². The lowest BCUT2D eigenvalue weighted by molar-refractivity contribution is -0.532. The second kappa shape index (κ2) is 7.79.